The highest BCUT2D eigenvalue weighted by Crippen LogP contribution is 2.41. The van der Waals surface area contributed by atoms with Crippen LogP contribution < -0.4 is 15.2 Å². The van der Waals surface area contributed by atoms with Crippen molar-refractivity contribution in [1.29, 1.82) is 0 Å². The molecule has 2 aliphatic rings. The molecule has 6 nitrogen and oxygen atoms in total. The molecule has 2 aliphatic heterocycles. The van der Waals surface area contributed by atoms with E-state index in [1.807, 2.05) is 104 Å². The number of thioether (sulfide) groups is 1. The first-order valence-electron chi connectivity index (χ1n) is 12.1. The van der Waals surface area contributed by atoms with Crippen LogP contribution in [0.3, 0.4) is 0 Å². The smallest absolute Gasteiger partial charge is 0.296 e. The molecule has 1 saturated heterocycles. The lowest BCUT2D eigenvalue weighted by atomic mass is 9.95. The van der Waals surface area contributed by atoms with Crippen molar-refractivity contribution >= 4 is 46.0 Å². The van der Waals surface area contributed by atoms with E-state index >= 15 is 0 Å². The topological polar surface area (TPSA) is 56.5 Å². The molecule has 0 bridgehead atoms. The van der Waals surface area contributed by atoms with Crippen molar-refractivity contribution in [3.05, 3.63) is 129 Å². The molecular formula is C30H23N3O3S2. The van der Waals surface area contributed by atoms with Crippen LogP contribution in [-0.4, -0.2) is 19.6 Å². The standard InChI is InChI=1S/C30H23N3O3S2/c1-19-26(29(35)33(31(19)2)23-14-7-4-8-15-23)32-28(34)25(38-30(32)37)18-22-17-21-13-9-10-16-24(21)36-27(22)20-11-5-3-6-12-20/h3-18,27H,1-2H3/b25-18-. The van der Waals surface area contributed by atoms with E-state index in [4.69, 9.17) is 17.0 Å². The Bertz CT molecular complexity index is 1700. The van der Waals surface area contributed by atoms with Gasteiger partial charge in [-0.3, -0.25) is 19.2 Å². The number of benzene rings is 3. The van der Waals surface area contributed by atoms with Crippen molar-refractivity contribution in [1.82, 2.24) is 9.36 Å². The van der Waals surface area contributed by atoms with Crippen LogP contribution in [-0.2, 0) is 11.8 Å². The highest BCUT2D eigenvalue weighted by Gasteiger charge is 2.38. The number of amides is 1. The molecule has 3 aromatic carbocycles. The van der Waals surface area contributed by atoms with Crippen molar-refractivity contribution in [2.45, 2.75) is 13.0 Å². The van der Waals surface area contributed by atoms with Gasteiger partial charge in [0.25, 0.3) is 11.5 Å². The molecule has 8 heteroatoms. The number of aromatic nitrogens is 2. The highest BCUT2D eigenvalue weighted by atomic mass is 32.2. The van der Waals surface area contributed by atoms with E-state index in [-0.39, 0.29) is 23.3 Å². The summed E-state index contributed by atoms with van der Waals surface area (Å²) in [6.07, 6.45) is 3.49. The fraction of sp³-hybridized carbons (Fsp3) is 0.100. The molecule has 38 heavy (non-hydrogen) atoms. The normalized spacial score (nSPS) is 17.9. The quantitative estimate of drug-likeness (QED) is 0.238. The lowest BCUT2D eigenvalue weighted by Crippen LogP contribution is -2.33. The minimum absolute atomic E-state index is 0.265. The van der Waals surface area contributed by atoms with Gasteiger partial charge in [-0.1, -0.05) is 90.7 Å². The molecule has 6 rings (SSSR count). The molecule has 0 N–H and O–H groups in total. The molecule has 1 fully saturated rings. The number of rotatable bonds is 4. The van der Waals surface area contributed by atoms with Crippen molar-refractivity contribution in [3.63, 3.8) is 0 Å². The molecule has 0 radical (unpaired) electrons. The summed E-state index contributed by atoms with van der Waals surface area (Å²) in [5.74, 6) is 0.463. The Morgan fingerprint density at radius 2 is 1.58 bits per heavy atom. The molecule has 188 valence electrons. The second-order valence-electron chi connectivity index (χ2n) is 9.02. The van der Waals surface area contributed by atoms with Gasteiger partial charge in [-0.15, -0.1) is 0 Å². The lowest BCUT2D eigenvalue weighted by Gasteiger charge is -2.26. The summed E-state index contributed by atoms with van der Waals surface area (Å²) in [6, 6.07) is 27.0. The van der Waals surface area contributed by atoms with Gasteiger partial charge in [0.05, 0.1) is 16.3 Å². The average Bonchev–Trinajstić information content (AvgIpc) is 3.33. The van der Waals surface area contributed by atoms with E-state index in [9.17, 15) is 9.59 Å². The number of hydrogen-bond donors (Lipinski definition) is 0. The predicted molar refractivity (Wildman–Crippen MR) is 156 cm³/mol. The first-order chi connectivity index (χ1) is 18.4. The highest BCUT2D eigenvalue weighted by molar-refractivity contribution is 8.27. The zero-order valence-electron chi connectivity index (χ0n) is 20.7. The molecule has 1 atom stereocenters. The first-order valence-corrected chi connectivity index (χ1v) is 13.3. The monoisotopic (exact) mass is 537 g/mol. The SMILES string of the molecule is Cc1c(N2C(=O)/C(=C/C3=Cc4ccccc4OC3c3ccccc3)SC2=S)c(=O)n(-c2ccccc2)n1C. The van der Waals surface area contributed by atoms with Crippen molar-refractivity contribution in [2.24, 2.45) is 7.05 Å². The third kappa shape index (κ3) is 4.02. The minimum Gasteiger partial charge on any atom is -0.480 e. The van der Waals surface area contributed by atoms with Crippen LogP contribution in [0.2, 0.25) is 0 Å². The van der Waals surface area contributed by atoms with E-state index < -0.39 is 0 Å². The molecule has 1 amide bonds. The first kappa shape index (κ1) is 24.2. The Balaban J connectivity index is 1.42. The van der Waals surface area contributed by atoms with Crippen molar-refractivity contribution in [2.75, 3.05) is 4.90 Å². The second-order valence-corrected chi connectivity index (χ2v) is 10.7. The summed E-state index contributed by atoms with van der Waals surface area (Å²) < 4.78 is 10.00. The Morgan fingerprint density at radius 1 is 0.921 bits per heavy atom. The number of ether oxygens (including phenoxy) is 1. The van der Waals surface area contributed by atoms with E-state index in [1.165, 1.54) is 16.7 Å². The number of carbonyl (C=O) groups excluding carboxylic acids is 1. The van der Waals surface area contributed by atoms with Crippen LogP contribution in [0.1, 0.15) is 22.9 Å². The molecule has 4 aromatic rings. The molecule has 0 aliphatic carbocycles. The van der Waals surface area contributed by atoms with Gasteiger partial charge in [0.2, 0.25) is 0 Å². The fourth-order valence-corrected chi connectivity index (χ4v) is 6.06. The molecule has 1 aromatic heterocycles. The number of fused-ring (bicyclic) bond motifs is 1. The summed E-state index contributed by atoms with van der Waals surface area (Å²) in [4.78, 5) is 29.2. The van der Waals surface area contributed by atoms with Gasteiger partial charge in [-0.2, -0.15) is 0 Å². The van der Waals surface area contributed by atoms with Gasteiger partial charge in [-0.05, 0) is 48.4 Å². The average molecular weight is 538 g/mol. The Labute approximate surface area is 229 Å². The molecular weight excluding hydrogens is 514 g/mol. The van der Waals surface area contributed by atoms with Gasteiger partial charge in [0.1, 0.15) is 17.5 Å². The van der Waals surface area contributed by atoms with Crippen molar-refractivity contribution in [3.8, 4) is 11.4 Å². The summed E-state index contributed by atoms with van der Waals surface area (Å²) in [5, 5.41) is 0. The van der Waals surface area contributed by atoms with Crippen LogP contribution >= 0.6 is 24.0 Å². The Hall–Kier alpha value is -4.14. The van der Waals surface area contributed by atoms with Gasteiger partial charge in [0, 0.05) is 12.6 Å². The molecule has 0 saturated carbocycles. The second kappa shape index (κ2) is 9.63. The van der Waals surface area contributed by atoms with Crippen LogP contribution in [0.4, 0.5) is 5.69 Å². The zero-order valence-corrected chi connectivity index (χ0v) is 22.3. The number of carbonyl (C=O) groups is 1. The maximum Gasteiger partial charge on any atom is 0.296 e. The molecule has 0 spiro atoms. The third-order valence-corrected chi connectivity index (χ3v) is 8.03. The molecule has 1 unspecified atom stereocenters. The van der Waals surface area contributed by atoms with Crippen LogP contribution in [0, 0.1) is 6.92 Å². The van der Waals surface area contributed by atoms with Gasteiger partial charge in [0.15, 0.2) is 4.32 Å². The van der Waals surface area contributed by atoms with E-state index in [1.54, 1.807) is 16.4 Å². The predicted octanol–water partition coefficient (Wildman–Crippen LogP) is 5.95. The maximum absolute atomic E-state index is 13.8. The van der Waals surface area contributed by atoms with Crippen molar-refractivity contribution < 1.29 is 9.53 Å². The maximum atomic E-state index is 13.8. The summed E-state index contributed by atoms with van der Waals surface area (Å²) in [6.45, 7) is 1.82. The number of anilines is 1. The number of para-hydroxylation sites is 2. The van der Waals surface area contributed by atoms with Gasteiger partial charge < -0.3 is 4.74 Å². The fourth-order valence-electron chi connectivity index (χ4n) is 4.79. The van der Waals surface area contributed by atoms with E-state index in [0.29, 0.717) is 20.6 Å². The summed E-state index contributed by atoms with van der Waals surface area (Å²) >= 11 is 6.83. The minimum atomic E-state index is -0.386. The largest absolute Gasteiger partial charge is 0.480 e. The number of thiocarbonyl (C=S) groups is 1. The zero-order chi connectivity index (χ0) is 26.4. The number of hydrogen-bond acceptors (Lipinski definition) is 5. The van der Waals surface area contributed by atoms with E-state index in [2.05, 4.69) is 0 Å². The Kier molecular flexibility index (Phi) is 6.13. The third-order valence-electron chi connectivity index (χ3n) is 6.73. The molecule has 3 heterocycles. The van der Waals surface area contributed by atoms with Gasteiger partial charge >= 0.3 is 0 Å². The summed E-state index contributed by atoms with van der Waals surface area (Å²) in [5.41, 5.74) is 4.07. The van der Waals surface area contributed by atoms with Crippen LogP contribution in [0.5, 0.6) is 5.75 Å². The lowest BCUT2D eigenvalue weighted by molar-refractivity contribution is -0.113. The van der Waals surface area contributed by atoms with E-state index in [0.717, 1.165) is 22.4 Å². The van der Waals surface area contributed by atoms with Crippen LogP contribution in [0.15, 0.2) is 106 Å². The summed E-state index contributed by atoms with van der Waals surface area (Å²) in [7, 11) is 1.80. The van der Waals surface area contributed by atoms with Gasteiger partial charge in [-0.25, -0.2) is 4.68 Å². The van der Waals surface area contributed by atoms with Crippen LogP contribution in [0.25, 0.3) is 11.8 Å². The number of nitrogens with zero attached hydrogens (tertiary/aromatic N) is 3. The Morgan fingerprint density at radius 3 is 2.32 bits per heavy atom.